The number of carbonyl (C=O) groups is 1. The summed E-state index contributed by atoms with van der Waals surface area (Å²) >= 11 is 0. The fourth-order valence-corrected chi connectivity index (χ4v) is 3.76. The lowest BCUT2D eigenvalue weighted by Crippen LogP contribution is -2.23. The van der Waals surface area contributed by atoms with Gasteiger partial charge in [-0.25, -0.2) is 13.2 Å². The Hall–Kier alpha value is -2.67. The van der Waals surface area contributed by atoms with E-state index in [2.05, 4.69) is 9.71 Å². The lowest BCUT2D eigenvalue weighted by Gasteiger charge is -2.19. The highest BCUT2D eigenvalue weighted by atomic mass is 32.2. The number of esters is 1. The van der Waals surface area contributed by atoms with Gasteiger partial charge in [0.15, 0.2) is 0 Å². The fourth-order valence-electron chi connectivity index (χ4n) is 2.50. The third-order valence-electron chi connectivity index (χ3n) is 3.67. The van der Waals surface area contributed by atoms with Crippen LogP contribution in [0.15, 0.2) is 58.4 Å². The molecule has 1 aliphatic heterocycles. The van der Waals surface area contributed by atoms with Gasteiger partial charge >= 0.3 is 5.97 Å². The Bertz CT molecular complexity index is 971. The molecular formula is C19H20N2O4S. The number of amidine groups is 1. The van der Waals surface area contributed by atoms with Crippen LogP contribution in [0.3, 0.4) is 0 Å². The zero-order valence-electron chi connectivity index (χ0n) is 14.8. The number of nitrogens with one attached hydrogen (secondary N) is 1. The number of ether oxygens (including phenoxy) is 1. The first-order valence-corrected chi connectivity index (χ1v) is 9.63. The van der Waals surface area contributed by atoms with E-state index in [4.69, 9.17) is 4.74 Å². The standard InChI is InChI=1S/C19H20N2O4S/c1-19(2,3)25-18(22)14-10-8-13(9-11-14)12-20-17-15-6-4-5-7-16(15)26(23,24)21-17/h4-11H,12H2,1-3H3,(H,20,21). The van der Waals surface area contributed by atoms with Crippen LogP contribution < -0.4 is 4.72 Å². The summed E-state index contributed by atoms with van der Waals surface area (Å²) in [7, 11) is -3.54. The number of aliphatic imine (C=N–C) groups is 1. The van der Waals surface area contributed by atoms with Crippen LogP contribution in [0.2, 0.25) is 0 Å². The molecule has 0 atom stereocenters. The molecule has 1 heterocycles. The van der Waals surface area contributed by atoms with Gasteiger partial charge in [-0.05, 0) is 50.6 Å². The summed E-state index contributed by atoms with van der Waals surface area (Å²) in [6.45, 7) is 5.74. The van der Waals surface area contributed by atoms with Gasteiger partial charge in [-0.1, -0.05) is 24.3 Å². The fraction of sp³-hybridized carbons (Fsp3) is 0.263. The second-order valence-corrected chi connectivity index (χ2v) is 8.62. The molecule has 0 bridgehead atoms. The van der Waals surface area contributed by atoms with Crippen LogP contribution in [0.4, 0.5) is 0 Å². The van der Waals surface area contributed by atoms with Crippen LogP contribution in [0.5, 0.6) is 0 Å². The Kier molecular flexibility index (Phi) is 4.58. The van der Waals surface area contributed by atoms with Crippen molar-refractivity contribution in [3.8, 4) is 0 Å². The minimum absolute atomic E-state index is 0.235. The van der Waals surface area contributed by atoms with Crippen LogP contribution in [-0.4, -0.2) is 25.8 Å². The van der Waals surface area contributed by atoms with Crippen molar-refractivity contribution in [2.45, 2.75) is 37.8 Å². The van der Waals surface area contributed by atoms with E-state index in [0.29, 0.717) is 23.5 Å². The van der Waals surface area contributed by atoms with E-state index >= 15 is 0 Å². The first-order chi connectivity index (χ1) is 12.2. The van der Waals surface area contributed by atoms with Gasteiger partial charge in [0.1, 0.15) is 11.4 Å². The average Bonchev–Trinajstić information content (AvgIpc) is 2.83. The van der Waals surface area contributed by atoms with E-state index in [-0.39, 0.29) is 10.9 Å². The van der Waals surface area contributed by atoms with Gasteiger partial charge in [-0.2, -0.15) is 0 Å². The number of hydrogen-bond donors (Lipinski definition) is 1. The van der Waals surface area contributed by atoms with Crippen molar-refractivity contribution in [2.24, 2.45) is 4.99 Å². The molecule has 136 valence electrons. The quantitative estimate of drug-likeness (QED) is 0.840. The summed E-state index contributed by atoms with van der Waals surface area (Å²) in [5, 5.41) is 0. The Balaban J connectivity index is 1.75. The van der Waals surface area contributed by atoms with E-state index in [1.54, 1.807) is 48.5 Å². The van der Waals surface area contributed by atoms with Gasteiger partial charge in [0.05, 0.1) is 17.0 Å². The van der Waals surface area contributed by atoms with Crippen molar-refractivity contribution in [1.82, 2.24) is 4.72 Å². The smallest absolute Gasteiger partial charge is 0.338 e. The Morgan fingerprint density at radius 1 is 1.08 bits per heavy atom. The van der Waals surface area contributed by atoms with Gasteiger partial charge in [0.25, 0.3) is 10.0 Å². The highest BCUT2D eigenvalue weighted by molar-refractivity contribution is 7.90. The van der Waals surface area contributed by atoms with Crippen molar-refractivity contribution < 1.29 is 17.9 Å². The summed E-state index contributed by atoms with van der Waals surface area (Å²) in [5.41, 5.74) is 1.34. The molecule has 0 spiro atoms. The Morgan fingerprint density at radius 2 is 1.73 bits per heavy atom. The van der Waals surface area contributed by atoms with Crippen LogP contribution in [0, 0.1) is 0 Å². The molecule has 7 heteroatoms. The minimum Gasteiger partial charge on any atom is -0.456 e. The van der Waals surface area contributed by atoms with E-state index in [1.165, 1.54) is 0 Å². The number of fused-ring (bicyclic) bond motifs is 1. The molecular weight excluding hydrogens is 352 g/mol. The number of benzene rings is 2. The topological polar surface area (TPSA) is 84.8 Å². The normalized spacial score (nSPS) is 16.8. The summed E-state index contributed by atoms with van der Waals surface area (Å²) in [6.07, 6.45) is 0. The molecule has 3 rings (SSSR count). The minimum atomic E-state index is -3.54. The predicted octanol–water partition coefficient (Wildman–Crippen LogP) is 2.88. The molecule has 0 unspecified atom stereocenters. The van der Waals surface area contributed by atoms with Crippen molar-refractivity contribution >= 4 is 21.8 Å². The molecule has 0 radical (unpaired) electrons. The maximum absolute atomic E-state index is 12.1. The number of nitrogens with zero attached hydrogens (tertiary/aromatic N) is 1. The molecule has 1 aliphatic rings. The molecule has 0 saturated carbocycles. The lowest BCUT2D eigenvalue weighted by molar-refractivity contribution is 0.00695. The summed E-state index contributed by atoms with van der Waals surface area (Å²) in [5.74, 6) is -0.0512. The number of carbonyl (C=O) groups excluding carboxylic acids is 1. The van der Waals surface area contributed by atoms with Crippen LogP contribution in [0.25, 0.3) is 0 Å². The molecule has 0 saturated heterocycles. The zero-order chi connectivity index (χ0) is 18.9. The Labute approximate surface area is 153 Å². The predicted molar refractivity (Wildman–Crippen MR) is 98.6 cm³/mol. The number of hydrogen-bond acceptors (Lipinski definition) is 5. The van der Waals surface area contributed by atoms with Crippen LogP contribution in [-0.2, 0) is 21.3 Å². The van der Waals surface area contributed by atoms with Crippen LogP contribution >= 0.6 is 0 Å². The monoisotopic (exact) mass is 372 g/mol. The molecule has 6 nitrogen and oxygen atoms in total. The second kappa shape index (κ2) is 6.57. The van der Waals surface area contributed by atoms with Crippen molar-refractivity contribution in [3.63, 3.8) is 0 Å². The largest absolute Gasteiger partial charge is 0.456 e. The molecule has 0 amide bonds. The third kappa shape index (κ3) is 3.94. The third-order valence-corrected chi connectivity index (χ3v) is 5.07. The summed E-state index contributed by atoms with van der Waals surface area (Å²) < 4.78 is 31.9. The van der Waals surface area contributed by atoms with Gasteiger partial charge < -0.3 is 4.74 Å². The van der Waals surface area contributed by atoms with Gasteiger partial charge in [-0.3, -0.25) is 9.71 Å². The molecule has 0 aliphatic carbocycles. The molecule has 2 aromatic rings. The molecule has 0 fully saturated rings. The molecule has 0 aromatic heterocycles. The van der Waals surface area contributed by atoms with Crippen LogP contribution in [0.1, 0.15) is 42.3 Å². The van der Waals surface area contributed by atoms with E-state index in [0.717, 1.165) is 5.56 Å². The van der Waals surface area contributed by atoms with E-state index in [9.17, 15) is 13.2 Å². The highest BCUT2D eigenvalue weighted by Crippen LogP contribution is 2.22. The first kappa shape index (κ1) is 18.1. The summed E-state index contributed by atoms with van der Waals surface area (Å²) in [6, 6.07) is 13.6. The number of sulfonamides is 1. The highest BCUT2D eigenvalue weighted by Gasteiger charge is 2.29. The van der Waals surface area contributed by atoms with Gasteiger partial charge in [-0.15, -0.1) is 0 Å². The molecule has 1 N–H and O–H groups in total. The van der Waals surface area contributed by atoms with Gasteiger partial charge in [0.2, 0.25) is 0 Å². The van der Waals surface area contributed by atoms with Crippen molar-refractivity contribution in [2.75, 3.05) is 0 Å². The Morgan fingerprint density at radius 3 is 2.38 bits per heavy atom. The lowest BCUT2D eigenvalue weighted by atomic mass is 10.1. The van der Waals surface area contributed by atoms with Crippen molar-refractivity contribution in [1.29, 1.82) is 0 Å². The second-order valence-electron chi connectivity index (χ2n) is 6.97. The first-order valence-electron chi connectivity index (χ1n) is 8.15. The van der Waals surface area contributed by atoms with E-state index < -0.39 is 15.6 Å². The molecule has 26 heavy (non-hydrogen) atoms. The average molecular weight is 372 g/mol. The van der Waals surface area contributed by atoms with Crippen molar-refractivity contribution in [3.05, 3.63) is 65.2 Å². The van der Waals surface area contributed by atoms with E-state index in [1.807, 2.05) is 20.8 Å². The summed E-state index contributed by atoms with van der Waals surface area (Å²) in [4.78, 5) is 16.6. The SMILES string of the molecule is CC(C)(C)OC(=O)c1ccc(CN=C2NS(=O)(=O)c3ccccc32)cc1. The number of rotatable bonds is 3. The molecule has 2 aromatic carbocycles. The zero-order valence-corrected chi connectivity index (χ0v) is 15.6. The maximum atomic E-state index is 12.1. The maximum Gasteiger partial charge on any atom is 0.338 e. The van der Waals surface area contributed by atoms with Gasteiger partial charge in [0, 0.05) is 5.56 Å².